The van der Waals surface area contributed by atoms with Crippen molar-refractivity contribution in [2.24, 2.45) is 5.73 Å². The Morgan fingerprint density at radius 1 is 1.00 bits per heavy atom. The molecule has 0 saturated heterocycles. The molecule has 5 N–H and O–H groups in total. The minimum absolute atomic E-state index is 0.0657. The van der Waals surface area contributed by atoms with E-state index in [9.17, 15) is 18.4 Å². The summed E-state index contributed by atoms with van der Waals surface area (Å²) in [5, 5.41) is 8.30. The third-order valence-electron chi connectivity index (χ3n) is 4.77. The van der Waals surface area contributed by atoms with Crippen LogP contribution in [0.3, 0.4) is 0 Å². The van der Waals surface area contributed by atoms with E-state index < -0.39 is 17.5 Å². The van der Waals surface area contributed by atoms with Crippen molar-refractivity contribution in [3.63, 3.8) is 0 Å². The Morgan fingerprint density at radius 3 is 2.47 bits per heavy atom. The van der Waals surface area contributed by atoms with Crippen LogP contribution in [0, 0.1) is 18.6 Å². The number of hydrogen-bond donors (Lipinski definition) is 4. The Balaban J connectivity index is 1.95. The van der Waals surface area contributed by atoms with Crippen LogP contribution in [0.4, 0.5) is 25.8 Å². The fourth-order valence-electron chi connectivity index (χ4n) is 3.40. The van der Waals surface area contributed by atoms with Gasteiger partial charge in [0.2, 0.25) is 5.91 Å². The third kappa shape index (κ3) is 5.67. The number of carbonyl (C=O) groups is 2. The molecule has 0 bridgehead atoms. The molecule has 8 heteroatoms. The van der Waals surface area contributed by atoms with Crippen LogP contribution in [0.2, 0.25) is 0 Å². The number of amides is 2. The number of carbonyl (C=O) groups excluding carboxylic acids is 2. The van der Waals surface area contributed by atoms with Gasteiger partial charge in [-0.15, -0.1) is 0 Å². The lowest BCUT2D eigenvalue weighted by molar-refractivity contribution is -0.115. The number of aryl methyl sites for hydroxylation is 1. The fourth-order valence-corrected chi connectivity index (χ4v) is 3.40. The normalized spacial score (nSPS) is 10.6. The van der Waals surface area contributed by atoms with Crippen molar-refractivity contribution >= 4 is 28.9 Å². The van der Waals surface area contributed by atoms with Crippen molar-refractivity contribution in [2.75, 3.05) is 24.2 Å². The summed E-state index contributed by atoms with van der Waals surface area (Å²) in [4.78, 5) is 24.1. The number of anilines is 3. The molecule has 32 heavy (non-hydrogen) atoms. The molecular formula is C24H24F2N4O2. The lowest BCUT2D eigenvalue weighted by atomic mass is 9.97. The average molecular weight is 438 g/mol. The zero-order valence-electron chi connectivity index (χ0n) is 17.8. The second-order valence-corrected chi connectivity index (χ2v) is 7.42. The van der Waals surface area contributed by atoms with Crippen LogP contribution in [0.15, 0.2) is 54.6 Å². The molecule has 0 radical (unpaired) electrons. The quantitative estimate of drug-likeness (QED) is 0.429. The Labute approximate surface area is 184 Å². The standard InChI is InChI=1S/C24H24F2N4O2/c1-14-6-7-20(19(26)8-14)30-21-12-17(25)11-16(23(21)24(27)32)9-15-4-3-5-18(10-15)29-22(31)13-28-2/h3-8,10-12,28,30H,9,13H2,1-2H3,(H2,27,32)(H,29,31). The monoisotopic (exact) mass is 438 g/mol. The second kappa shape index (κ2) is 10.0. The summed E-state index contributed by atoms with van der Waals surface area (Å²) in [5.74, 6) is -2.11. The second-order valence-electron chi connectivity index (χ2n) is 7.42. The summed E-state index contributed by atoms with van der Waals surface area (Å²) < 4.78 is 28.7. The van der Waals surface area contributed by atoms with Crippen LogP contribution in [0.5, 0.6) is 0 Å². The summed E-state index contributed by atoms with van der Waals surface area (Å²) in [6.45, 7) is 1.90. The molecule has 0 aromatic heterocycles. The van der Waals surface area contributed by atoms with Gasteiger partial charge < -0.3 is 21.7 Å². The van der Waals surface area contributed by atoms with Gasteiger partial charge >= 0.3 is 0 Å². The van der Waals surface area contributed by atoms with Gasteiger partial charge in [0.15, 0.2) is 0 Å². The molecule has 3 rings (SSSR count). The predicted octanol–water partition coefficient (Wildman–Crippen LogP) is 3.86. The molecule has 0 heterocycles. The van der Waals surface area contributed by atoms with E-state index in [0.717, 1.165) is 17.2 Å². The van der Waals surface area contributed by atoms with Crippen molar-refractivity contribution < 1.29 is 18.4 Å². The lowest BCUT2D eigenvalue weighted by Crippen LogP contribution is -2.25. The van der Waals surface area contributed by atoms with Gasteiger partial charge in [-0.05, 0) is 73.5 Å². The van der Waals surface area contributed by atoms with E-state index in [2.05, 4.69) is 16.0 Å². The first-order chi connectivity index (χ1) is 15.3. The van der Waals surface area contributed by atoms with E-state index in [1.54, 1.807) is 44.3 Å². The van der Waals surface area contributed by atoms with Crippen molar-refractivity contribution in [3.05, 3.63) is 88.5 Å². The van der Waals surface area contributed by atoms with E-state index >= 15 is 0 Å². The molecule has 3 aromatic rings. The molecule has 0 fully saturated rings. The highest BCUT2D eigenvalue weighted by Crippen LogP contribution is 2.29. The molecule has 0 atom stereocenters. The number of halogens is 2. The van der Waals surface area contributed by atoms with Crippen molar-refractivity contribution in [1.29, 1.82) is 0 Å². The summed E-state index contributed by atoms with van der Waals surface area (Å²) in [5.41, 5.74) is 8.21. The van der Waals surface area contributed by atoms with Crippen molar-refractivity contribution in [3.8, 4) is 0 Å². The maximum absolute atomic E-state index is 14.4. The molecule has 166 valence electrons. The predicted molar refractivity (Wildman–Crippen MR) is 121 cm³/mol. The summed E-state index contributed by atoms with van der Waals surface area (Å²) in [7, 11) is 1.67. The minimum atomic E-state index is -0.770. The summed E-state index contributed by atoms with van der Waals surface area (Å²) in [6.07, 6.45) is 0.177. The maximum Gasteiger partial charge on any atom is 0.251 e. The molecule has 0 unspecified atom stereocenters. The molecule has 0 spiro atoms. The van der Waals surface area contributed by atoms with E-state index in [-0.39, 0.29) is 35.8 Å². The van der Waals surface area contributed by atoms with Gasteiger partial charge in [-0.2, -0.15) is 0 Å². The largest absolute Gasteiger partial charge is 0.366 e. The highest BCUT2D eigenvalue weighted by atomic mass is 19.1. The molecule has 2 amide bonds. The van der Waals surface area contributed by atoms with Crippen LogP contribution in [0.25, 0.3) is 0 Å². The summed E-state index contributed by atoms with van der Waals surface area (Å²) in [6, 6.07) is 13.9. The zero-order chi connectivity index (χ0) is 23.3. The number of primary amides is 1. The van der Waals surface area contributed by atoms with Crippen molar-refractivity contribution in [2.45, 2.75) is 13.3 Å². The van der Waals surface area contributed by atoms with E-state index in [1.165, 1.54) is 18.2 Å². The molecular weight excluding hydrogens is 414 g/mol. The molecule has 0 aliphatic heterocycles. The number of hydrogen-bond acceptors (Lipinski definition) is 4. The average Bonchev–Trinajstić information content (AvgIpc) is 2.70. The van der Waals surface area contributed by atoms with E-state index in [0.29, 0.717) is 11.3 Å². The third-order valence-corrected chi connectivity index (χ3v) is 4.77. The summed E-state index contributed by atoms with van der Waals surface area (Å²) >= 11 is 0. The number of likely N-dealkylation sites (N-methyl/N-ethyl adjacent to an activating group) is 1. The van der Waals surface area contributed by atoms with Crippen LogP contribution in [-0.4, -0.2) is 25.4 Å². The zero-order valence-corrected chi connectivity index (χ0v) is 17.8. The topological polar surface area (TPSA) is 96.2 Å². The van der Waals surface area contributed by atoms with Crippen molar-refractivity contribution in [1.82, 2.24) is 5.32 Å². The number of nitrogens with one attached hydrogen (secondary N) is 3. The van der Waals surface area contributed by atoms with Crippen LogP contribution in [0.1, 0.15) is 27.0 Å². The SMILES string of the molecule is CNCC(=O)Nc1cccc(Cc2cc(F)cc(Nc3ccc(C)cc3F)c2C(N)=O)c1. The van der Waals surface area contributed by atoms with Gasteiger partial charge in [0.1, 0.15) is 11.6 Å². The smallest absolute Gasteiger partial charge is 0.251 e. The highest BCUT2D eigenvalue weighted by molar-refractivity contribution is 6.01. The van der Waals surface area contributed by atoms with Gasteiger partial charge in [0.25, 0.3) is 5.91 Å². The number of rotatable bonds is 8. The van der Waals surface area contributed by atoms with Gasteiger partial charge in [-0.1, -0.05) is 18.2 Å². The Bertz CT molecular complexity index is 1160. The lowest BCUT2D eigenvalue weighted by Gasteiger charge is -2.16. The van der Waals surface area contributed by atoms with E-state index in [1.807, 2.05) is 0 Å². The van der Waals surface area contributed by atoms with Gasteiger partial charge in [0, 0.05) is 5.69 Å². The van der Waals surface area contributed by atoms with Crippen LogP contribution < -0.4 is 21.7 Å². The fraction of sp³-hybridized carbons (Fsp3) is 0.167. The number of benzene rings is 3. The van der Waals surface area contributed by atoms with Crippen LogP contribution >= 0.6 is 0 Å². The maximum atomic E-state index is 14.4. The van der Waals surface area contributed by atoms with E-state index in [4.69, 9.17) is 5.73 Å². The molecule has 0 aliphatic rings. The molecule has 0 saturated carbocycles. The Hall–Kier alpha value is -3.78. The first kappa shape index (κ1) is 22.9. The Morgan fingerprint density at radius 2 is 1.78 bits per heavy atom. The van der Waals surface area contributed by atoms with Crippen LogP contribution in [-0.2, 0) is 11.2 Å². The molecule has 3 aromatic carbocycles. The highest BCUT2D eigenvalue weighted by Gasteiger charge is 2.18. The Kier molecular flexibility index (Phi) is 7.17. The van der Waals surface area contributed by atoms with Gasteiger partial charge in [-0.25, -0.2) is 8.78 Å². The first-order valence-electron chi connectivity index (χ1n) is 9.95. The number of nitrogens with two attached hydrogens (primary N) is 1. The van der Waals surface area contributed by atoms with Gasteiger partial charge in [-0.3, -0.25) is 9.59 Å². The van der Waals surface area contributed by atoms with Gasteiger partial charge in [0.05, 0.1) is 23.5 Å². The minimum Gasteiger partial charge on any atom is -0.366 e. The molecule has 0 aliphatic carbocycles. The molecule has 6 nitrogen and oxygen atoms in total. The first-order valence-corrected chi connectivity index (χ1v) is 9.95.